The largest absolute Gasteiger partial charge is 0.568 e. The number of fused-ring (bicyclic) bond motifs is 5. The first-order valence-electron chi connectivity index (χ1n) is 14.5. The maximum absolute atomic E-state index is 15.2. The number of amides is 1. The van der Waals surface area contributed by atoms with Crippen LogP contribution in [0.4, 0.5) is 32.0 Å². The van der Waals surface area contributed by atoms with Crippen LogP contribution in [-0.4, -0.2) is 49.1 Å². The molecule has 3 N–H and O–H groups in total. The fourth-order valence-electron chi connectivity index (χ4n) is 6.79. The van der Waals surface area contributed by atoms with Gasteiger partial charge in [0.05, 0.1) is 12.2 Å². The lowest BCUT2D eigenvalue weighted by Gasteiger charge is -2.39. The molecule has 1 amide bonds. The molecule has 244 valence electrons. The first-order chi connectivity index (χ1) is 22.6. The molecule has 3 aromatic carbocycles. The third-order valence-corrected chi connectivity index (χ3v) is 8.98. The summed E-state index contributed by atoms with van der Waals surface area (Å²) in [6, 6.07) is 9.97. The molecule has 7 nitrogen and oxygen atoms in total. The molecule has 0 fully saturated rings. The summed E-state index contributed by atoms with van der Waals surface area (Å²) in [5.74, 6) is -2.69. The van der Waals surface area contributed by atoms with Crippen LogP contribution < -0.4 is 14.6 Å². The van der Waals surface area contributed by atoms with Gasteiger partial charge in [-0.05, 0) is 60.9 Å². The normalized spacial score (nSPS) is 17.0. The van der Waals surface area contributed by atoms with Crippen LogP contribution in [0, 0.1) is 6.92 Å². The van der Waals surface area contributed by atoms with E-state index in [2.05, 4.69) is 9.97 Å². The summed E-state index contributed by atoms with van der Waals surface area (Å²) in [6.07, 6.45) is -7.70. The molecule has 4 radical (unpaired) electrons. The molecule has 2 aliphatic rings. The van der Waals surface area contributed by atoms with E-state index in [1.165, 1.54) is 12.1 Å². The molecule has 0 aliphatic heterocycles. The molecule has 0 saturated carbocycles. The van der Waals surface area contributed by atoms with Gasteiger partial charge in [-0.3, -0.25) is 9.36 Å². The summed E-state index contributed by atoms with van der Waals surface area (Å²) < 4.78 is 102. The number of allylic oxidation sites excluding steroid dienone is 2. The van der Waals surface area contributed by atoms with Crippen molar-refractivity contribution in [2.45, 2.75) is 49.5 Å². The Labute approximate surface area is 272 Å². The SMILES string of the molecule is [B]Oc1ccc(C(c2ccc(O[B])c(NC(=O)c3cccc(C)c3)c2)(C(F)(F)F)C(F)(F)F)cc1Cn1c(O)c2c(c1O)C1C=CC2C1. The predicted molar refractivity (Wildman–Crippen MR) is 164 cm³/mol. The lowest BCUT2D eigenvalue weighted by atomic mass is 9.72. The van der Waals surface area contributed by atoms with Gasteiger partial charge in [0.1, 0.15) is 11.5 Å². The number of nitrogens with zero attached hydrogens (tertiary/aromatic N) is 1. The second-order valence-corrected chi connectivity index (χ2v) is 11.7. The second kappa shape index (κ2) is 11.6. The number of hydrogen-bond donors (Lipinski definition) is 3. The van der Waals surface area contributed by atoms with Gasteiger partial charge in [-0.15, -0.1) is 0 Å². The fraction of sp³-hybridized carbons (Fsp3) is 0.242. The van der Waals surface area contributed by atoms with Gasteiger partial charge >= 0.3 is 28.5 Å². The average molecular weight is 664 g/mol. The highest BCUT2D eigenvalue weighted by Crippen LogP contribution is 2.59. The van der Waals surface area contributed by atoms with E-state index < -0.39 is 52.8 Å². The number of aromatic hydroxyl groups is 2. The molecule has 48 heavy (non-hydrogen) atoms. The van der Waals surface area contributed by atoms with Crippen LogP contribution in [-0.2, 0) is 12.0 Å². The molecule has 1 heterocycles. The van der Waals surface area contributed by atoms with Crippen molar-refractivity contribution >= 4 is 27.7 Å². The molecular formula is C33H24B2F6N2O5. The Morgan fingerprint density at radius 1 is 0.854 bits per heavy atom. The van der Waals surface area contributed by atoms with Crippen molar-refractivity contribution in [1.82, 2.24) is 4.57 Å². The Balaban J connectivity index is 1.50. The van der Waals surface area contributed by atoms with Crippen molar-refractivity contribution < 1.29 is 50.7 Å². The number of rotatable bonds is 8. The molecule has 4 aromatic rings. The number of aryl methyl sites for hydroxylation is 1. The Morgan fingerprint density at radius 3 is 1.96 bits per heavy atom. The highest BCUT2D eigenvalue weighted by atomic mass is 19.4. The van der Waals surface area contributed by atoms with Gasteiger partial charge in [-0.25, -0.2) is 0 Å². The Bertz CT molecular complexity index is 1910. The Hall–Kier alpha value is -4.94. The molecule has 2 unspecified atom stereocenters. The third-order valence-electron chi connectivity index (χ3n) is 8.98. The Morgan fingerprint density at radius 2 is 1.42 bits per heavy atom. The second-order valence-electron chi connectivity index (χ2n) is 11.7. The lowest BCUT2D eigenvalue weighted by molar-refractivity contribution is -0.288. The number of nitrogens with one attached hydrogen (secondary N) is 1. The van der Waals surface area contributed by atoms with Gasteiger partial charge in [0.15, 0.2) is 11.8 Å². The molecule has 2 atom stereocenters. The number of halogens is 6. The molecule has 0 spiro atoms. The quantitative estimate of drug-likeness (QED) is 0.107. The molecule has 2 bridgehead atoms. The summed E-state index contributed by atoms with van der Waals surface area (Å²) in [5.41, 5.74) is -6.50. The maximum atomic E-state index is 15.2. The monoisotopic (exact) mass is 664 g/mol. The summed E-state index contributed by atoms with van der Waals surface area (Å²) in [4.78, 5) is 13.0. The van der Waals surface area contributed by atoms with Crippen LogP contribution in [0.1, 0.15) is 62.0 Å². The summed E-state index contributed by atoms with van der Waals surface area (Å²) in [6.45, 7) is 1.10. The minimum Gasteiger partial charge on any atom is -0.568 e. The van der Waals surface area contributed by atoms with E-state index in [0.717, 1.165) is 16.7 Å². The summed E-state index contributed by atoms with van der Waals surface area (Å²) >= 11 is 0. The molecule has 6 rings (SSSR count). The van der Waals surface area contributed by atoms with Crippen molar-refractivity contribution in [3.8, 4) is 23.3 Å². The van der Waals surface area contributed by atoms with Crippen LogP contribution in [0.25, 0.3) is 0 Å². The van der Waals surface area contributed by atoms with Crippen molar-refractivity contribution in [1.29, 1.82) is 0 Å². The average Bonchev–Trinajstić information content (AvgIpc) is 3.71. The van der Waals surface area contributed by atoms with Crippen LogP contribution >= 0.6 is 0 Å². The van der Waals surface area contributed by atoms with Crippen LogP contribution in [0.2, 0.25) is 0 Å². The minimum absolute atomic E-state index is 0.0783. The van der Waals surface area contributed by atoms with E-state index >= 15 is 26.3 Å². The Kier molecular flexibility index (Phi) is 8.00. The lowest BCUT2D eigenvalue weighted by Crippen LogP contribution is -2.54. The standard InChI is InChI=1S/C33H24B2F6N2O5/c1-16-3-2-4-19(11-16)28(44)42-23-14-22(8-10-25(23)48-35)31(32(36,37)38,33(39,40)41)21-7-9-24(47-34)20(13-21)15-43-29(45)26-17-5-6-18(12-17)27(26)30(43)46/h2-11,13-14,17-18,45-46H,12,15H2,1H3,(H,42,44). The highest BCUT2D eigenvalue weighted by molar-refractivity contribution is 6.06. The number of carbonyl (C=O) groups is 1. The van der Waals surface area contributed by atoms with E-state index in [9.17, 15) is 15.0 Å². The first kappa shape index (κ1) is 33.0. The minimum atomic E-state index is -6.01. The number of benzene rings is 3. The van der Waals surface area contributed by atoms with Crippen molar-refractivity contribution in [3.05, 3.63) is 112 Å². The van der Waals surface area contributed by atoms with Gasteiger partial charge < -0.3 is 24.8 Å². The zero-order valence-corrected chi connectivity index (χ0v) is 25.0. The van der Waals surface area contributed by atoms with E-state index in [1.54, 1.807) is 19.1 Å². The van der Waals surface area contributed by atoms with Crippen LogP contribution in [0.3, 0.4) is 0 Å². The zero-order chi connectivity index (χ0) is 34.8. The van der Waals surface area contributed by atoms with E-state index in [-0.39, 0.29) is 40.5 Å². The van der Waals surface area contributed by atoms with Crippen LogP contribution in [0.15, 0.2) is 72.8 Å². The molecule has 15 heteroatoms. The topological polar surface area (TPSA) is 93.0 Å². The van der Waals surface area contributed by atoms with E-state index in [1.807, 2.05) is 12.2 Å². The van der Waals surface area contributed by atoms with E-state index in [0.29, 0.717) is 47.4 Å². The number of anilines is 1. The number of carbonyl (C=O) groups excluding carboxylic acids is 1. The summed E-state index contributed by atoms with van der Waals surface area (Å²) in [7, 11) is 10.6. The molecule has 2 aliphatic carbocycles. The predicted octanol–water partition coefficient (Wildman–Crippen LogP) is 6.98. The molecular weight excluding hydrogens is 640 g/mol. The molecule has 0 saturated heterocycles. The highest BCUT2D eigenvalue weighted by Gasteiger charge is 2.72. The van der Waals surface area contributed by atoms with E-state index in [4.69, 9.17) is 20.8 Å². The third kappa shape index (κ3) is 5.06. The van der Waals surface area contributed by atoms with Crippen LogP contribution in [0.5, 0.6) is 23.3 Å². The smallest absolute Gasteiger partial charge is 0.411 e. The van der Waals surface area contributed by atoms with Crippen molar-refractivity contribution in [2.75, 3.05) is 5.32 Å². The fourth-order valence-corrected chi connectivity index (χ4v) is 6.79. The van der Waals surface area contributed by atoms with Gasteiger partial charge in [0.2, 0.25) is 5.41 Å². The number of hydrogen-bond acceptors (Lipinski definition) is 5. The van der Waals surface area contributed by atoms with Gasteiger partial charge in [-0.2, -0.15) is 26.3 Å². The number of alkyl halides is 6. The zero-order valence-electron chi connectivity index (χ0n) is 25.0. The number of aromatic nitrogens is 1. The van der Waals surface area contributed by atoms with Crippen molar-refractivity contribution in [2.24, 2.45) is 0 Å². The van der Waals surface area contributed by atoms with Gasteiger partial charge in [0, 0.05) is 34.1 Å². The van der Waals surface area contributed by atoms with Crippen molar-refractivity contribution in [3.63, 3.8) is 0 Å². The van der Waals surface area contributed by atoms with Gasteiger partial charge in [0.25, 0.3) is 5.91 Å². The summed E-state index contributed by atoms with van der Waals surface area (Å²) in [5, 5.41) is 24.2. The maximum Gasteiger partial charge on any atom is 0.411 e. The molecule has 1 aromatic heterocycles. The van der Waals surface area contributed by atoms with Gasteiger partial charge in [-0.1, -0.05) is 42.0 Å². The first-order valence-corrected chi connectivity index (χ1v) is 14.5.